The first-order valence-electron chi connectivity index (χ1n) is 6.25. The van der Waals surface area contributed by atoms with Crippen molar-refractivity contribution in [2.24, 2.45) is 0 Å². The molecule has 6 heteroatoms. The van der Waals surface area contributed by atoms with Crippen LogP contribution in [0, 0.1) is 0 Å². The Bertz CT molecular complexity index is 438. The molecule has 0 heterocycles. The van der Waals surface area contributed by atoms with Gasteiger partial charge < -0.3 is 5.32 Å². The highest BCUT2D eigenvalue weighted by Gasteiger charge is 2.36. The number of benzene rings is 1. The van der Waals surface area contributed by atoms with Crippen LogP contribution in [0.2, 0.25) is 0 Å². The third-order valence-corrected chi connectivity index (χ3v) is 3.07. The van der Waals surface area contributed by atoms with E-state index in [-0.39, 0.29) is 17.9 Å². The molecule has 1 atom stereocenters. The molecule has 0 unspecified atom stereocenters. The second kappa shape index (κ2) is 6.99. The molecule has 1 amide bonds. The molecular formula is C14H19Cl3N2O. The van der Waals surface area contributed by atoms with Crippen molar-refractivity contribution >= 4 is 40.7 Å². The molecule has 112 valence electrons. The number of halogens is 3. The number of carbonyl (C=O) groups excluding carboxylic acids is 1. The van der Waals surface area contributed by atoms with Gasteiger partial charge in [-0.05, 0) is 26.3 Å². The topological polar surface area (TPSA) is 41.1 Å². The van der Waals surface area contributed by atoms with Crippen LogP contribution in [0.15, 0.2) is 30.3 Å². The maximum Gasteiger partial charge on any atom is 0.225 e. The molecule has 0 saturated heterocycles. The minimum atomic E-state index is -1.63. The molecule has 1 rings (SSSR count). The Morgan fingerprint density at radius 2 is 1.70 bits per heavy atom. The third-order valence-electron chi connectivity index (χ3n) is 2.42. The van der Waals surface area contributed by atoms with E-state index in [2.05, 4.69) is 10.6 Å². The van der Waals surface area contributed by atoms with Crippen molar-refractivity contribution in [3.8, 4) is 0 Å². The predicted octanol–water partition coefficient (Wildman–Crippen LogP) is 3.43. The zero-order valence-corrected chi connectivity index (χ0v) is 14.0. The molecule has 0 radical (unpaired) electrons. The monoisotopic (exact) mass is 336 g/mol. The summed E-state index contributed by atoms with van der Waals surface area (Å²) < 4.78 is -1.63. The second-order valence-corrected chi connectivity index (χ2v) is 7.97. The van der Waals surface area contributed by atoms with Crippen LogP contribution in [0.4, 0.5) is 0 Å². The summed E-state index contributed by atoms with van der Waals surface area (Å²) in [6.07, 6.45) is -0.520. The largest absolute Gasteiger partial charge is 0.336 e. The molecule has 0 aliphatic rings. The van der Waals surface area contributed by atoms with Crippen LogP contribution >= 0.6 is 34.8 Å². The van der Waals surface area contributed by atoms with E-state index in [0.717, 1.165) is 5.56 Å². The number of alkyl halides is 3. The fraction of sp³-hybridized carbons (Fsp3) is 0.500. The van der Waals surface area contributed by atoms with E-state index in [1.807, 2.05) is 51.1 Å². The standard InChI is InChI=1S/C14H19Cl3N2O/c1-13(2,3)19-12(14(15,16)17)18-11(20)9-10-7-5-4-6-8-10/h4-8,12,19H,9H2,1-3H3,(H,18,20)/t12-/m0/s1. The van der Waals surface area contributed by atoms with Crippen LogP contribution in [0.3, 0.4) is 0 Å². The molecule has 1 aromatic rings. The quantitative estimate of drug-likeness (QED) is 0.653. The first kappa shape index (κ1) is 17.6. The van der Waals surface area contributed by atoms with Gasteiger partial charge in [0.25, 0.3) is 0 Å². The Morgan fingerprint density at radius 3 is 2.15 bits per heavy atom. The predicted molar refractivity (Wildman–Crippen MR) is 85.3 cm³/mol. The lowest BCUT2D eigenvalue weighted by Crippen LogP contribution is -2.59. The molecule has 20 heavy (non-hydrogen) atoms. The first-order chi connectivity index (χ1) is 9.08. The first-order valence-corrected chi connectivity index (χ1v) is 7.39. The lowest BCUT2D eigenvalue weighted by molar-refractivity contribution is -0.121. The SMILES string of the molecule is CC(C)(C)N[C@H](NC(=O)Cc1ccccc1)C(Cl)(Cl)Cl. The zero-order chi connectivity index (χ0) is 15.4. The Balaban J connectivity index is 2.68. The van der Waals surface area contributed by atoms with Gasteiger partial charge in [-0.25, -0.2) is 0 Å². The summed E-state index contributed by atoms with van der Waals surface area (Å²) in [6, 6.07) is 9.40. The highest BCUT2D eigenvalue weighted by molar-refractivity contribution is 6.68. The van der Waals surface area contributed by atoms with Gasteiger partial charge in [-0.3, -0.25) is 10.1 Å². The Hall–Kier alpha value is -0.480. The van der Waals surface area contributed by atoms with Crippen LogP contribution in [-0.4, -0.2) is 21.4 Å². The van der Waals surface area contributed by atoms with Crippen molar-refractivity contribution in [1.82, 2.24) is 10.6 Å². The molecule has 0 spiro atoms. The van der Waals surface area contributed by atoms with Crippen molar-refractivity contribution in [3.05, 3.63) is 35.9 Å². The number of nitrogens with one attached hydrogen (secondary N) is 2. The van der Waals surface area contributed by atoms with Crippen molar-refractivity contribution in [2.45, 2.75) is 42.7 Å². The number of carbonyl (C=O) groups is 1. The van der Waals surface area contributed by atoms with Crippen LogP contribution < -0.4 is 10.6 Å². The zero-order valence-electron chi connectivity index (χ0n) is 11.7. The van der Waals surface area contributed by atoms with Gasteiger partial charge in [0.05, 0.1) is 6.42 Å². The summed E-state index contributed by atoms with van der Waals surface area (Å²) in [7, 11) is 0. The van der Waals surface area contributed by atoms with Crippen molar-refractivity contribution < 1.29 is 4.79 Å². The average molecular weight is 338 g/mol. The highest BCUT2D eigenvalue weighted by Crippen LogP contribution is 2.30. The Labute approximate surface area is 135 Å². The summed E-state index contributed by atoms with van der Waals surface area (Å²) in [6.45, 7) is 5.79. The molecule has 1 aromatic carbocycles. The van der Waals surface area contributed by atoms with Crippen LogP contribution in [0.25, 0.3) is 0 Å². The molecular weight excluding hydrogens is 319 g/mol. The minimum Gasteiger partial charge on any atom is -0.336 e. The van der Waals surface area contributed by atoms with Gasteiger partial charge in [-0.15, -0.1) is 0 Å². The van der Waals surface area contributed by atoms with E-state index < -0.39 is 9.96 Å². The summed E-state index contributed by atoms with van der Waals surface area (Å²) >= 11 is 17.7. The lowest BCUT2D eigenvalue weighted by Gasteiger charge is -2.33. The van der Waals surface area contributed by atoms with E-state index in [1.54, 1.807) is 0 Å². The normalized spacial score (nSPS) is 13.9. The van der Waals surface area contributed by atoms with Crippen LogP contribution in [0.5, 0.6) is 0 Å². The van der Waals surface area contributed by atoms with Gasteiger partial charge in [-0.1, -0.05) is 65.1 Å². The maximum absolute atomic E-state index is 12.0. The van der Waals surface area contributed by atoms with E-state index >= 15 is 0 Å². The molecule has 0 fully saturated rings. The number of rotatable bonds is 4. The molecule has 0 saturated carbocycles. The van der Waals surface area contributed by atoms with Crippen molar-refractivity contribution in [1.29, 1.82) is 0 Å². The molecule has 0 aliphatic carbocycles. The molecule has 0 bridgehead atoms. The Kier molecular flexibility index (Phi) is 6.14. The minimum absolute atomic E-state index is 0.204. The van der Waals surface area contributed by atoms with Gasteiger partial charge in [0, 0.05) is 5.54 Å². The molecule has 3 nitrogen and oxygen atoms in total. The summed E-state index contributed by atoms with van der Waals surface area (Å²) in [5.41, 5.74) is 0.609. The molecule has 0 aromatic heterocycles. The van der Waals surface area contributed by atoms with Crippen molar-refractivity contribution in [2.75, 3.05) is 0 Å². The number of hydrogen-bond acceptors (Lipinski definition) is 2. The summed E-state index contributed by atoms with van der Waals surface area (Å²) in [4.78, 5) is 12.0. The van der Waals surface area contributed by atoms with Gasteiger partial charge in [0.1, 0.15) is 6.17 Å². The van der Waals surface area contributed by atoms with Crippen LogP contribution in [-0.2, 0) is 11.2 Å². The van der Waals surface area contributed by atoms with Gasteiger partial charge >= 0.3 is 0 Å². The van der Waals surface area contributed by atoms with Gasteiger partial charge in [-0.2, -0.15) is 0 Å². The van der Waals surface area contributed by atoms with Gasteiger partial charge in [0.15, 0.2) is 0 Å². The maximum atomic E-state index is 12.0. The fourth-order valence-corrected chi connectivity index (χ4v) is 1.95. The Morgan fingerprint density at radius 1 is 1.15 bits per heavy atom. The van der Waals surface area contributed by atoms with Crippen LogP contribution in [0.1, 0.15) is 26.3 Å². The van der Waals surface area contributed by atoms with E-state index in [4.69, 9.17) is 34.8 Å². The molecule has 0 aliphatic heterocycles. The second-order valence-electron chi connectivity index (χ2n) is 5.60. The third kappa shape index (κ3) is 6.80. The van der Waals surface area contributed by atoms with E-state index in [0.29, 0.717) is 0 Å². The number of amides is 1. The number of hydrogen-bond donors (Lipinski definition) is 2. The fourth-order valence-electron chi connectivity index (χ4n) is 1.63. The van der Waals surface area contributed by atoms with Crippen molar-refractivity contribution in [3.63, 3.8) is 0 Å². The lowest BCUT2D eigenvalue weighted by atomic mass is 10.1. The molecule has 2 N–H and O–H groups in total. The van der Waals surface area contributed by atoms with Gasteiger partial charge in [0.2, 0.25) is 9.70 Å². The highest BCUT2D eigenvalue weighted by atomic mass is 35.6. The smallest absolute Gasteiger partial charge is 0.225 e. The average Bonchev–Trinajstić information content (AvgIpc) is 2.26. The van der Waals surface area contributed by atoms with E-state index in [1.165, 1.54) is 0 Å². The van der Waals surface area contributed by atoms with E-state index in [9.17, 15) is 4.79 Å². The summed E-state index contributed by atoms with van der Waals surface area (Å²) in [5.74, 6) is -0.204. The summed E-state index contributed by atoms with van der Waals surface area (Å²) in [5, 5.41) is 5.80.